The van der Waals surface area contributed by atoms with Crippen molar-refractivity contribution in [2.24, 2.45) is 0 Å². The van der Waals surface area contributed by atoms with E-state index in [2.05, 4.69) is 26.1 Å². The smallest absolute Gasteiger partial charge is 0.154 e. The monoisotopic (exact) mass is 332 g/mol. The lowest BCUT2D eigenvalue weighted by Gasteiger charge is -2.02. The lowest BCUT2D eigenvalue weighted by molar-refractivity contribution is 0.385. The molecule has 0 bridgehead atoms. The summed E-state index contributed by atoms with van der Waals surface area (Å²) in [5.74, 6) is 1.36. The summed E-state index contributed by atoms with van der Waals surface area (Å²) in [5.41, 5.74) is 1.30. The first-order valence-electron chi connectivity index (χ1n) is 5.13. The third kappa shape index (κ3) is 1.98. The first-order valence-corrected chi connectivity index (χ1v) is 6.68. The van der Waals surface area contributed by atoms with Crippen LogP contribution in [0.5, 0.6) is 0 Å². The second-order valence-corrected chi connectivity index (χ2v) is 5.57. The molecule has 1 aliphatic carbocycles. The van der Waals surface area contributed by atoms with Crippen molar-refractivity contribution in [2.45, 2.75) is 18.8 Å². The largest absolute Gasteiger partial charge is 0.359 e. The molecule has 0 aromatic carbocycles. The predicted octanol–water partition coefficient (Wildman–Crippen LogP) is 4.68. The summed E-state index contributed by atoms with van der Waals surface area (Å²) < 4.78 is 6.19. The quantitative estimate of drug-likeness (QED) is 0.800. The Morgan fingerprint density at radius 1 is 1.24 bits per heavy atom. The van der Waals surface area contributed by atoms with Crippen molar-refractivity contribution in [1.82, 2.24) is 10.1 Å². The summed E-state index contributed by atoms with van der Waals surface area (Å²) in [4.78, 5) is 3.92. The van der Waals surface area contributed by atoms with Crippen molar-refractivity contribution in [3.8, 4) is 11.3 Å². The van der Waals surface area contributed by atoms with Gasteiger partial charge in [-0.2, -0.15) is 0 Å². The van der Waals surface area contributed by atoms with Crippen LogP contribution in [0.4, 0.5) is 0 Å². The highest BCUT2D eigenvalue weighted by Gasteiger charge is 2.32. The van der Waals surface area contributed by atoms with Crippen molar-refractivity contribution in [1.29, 1.82) is 0 Å². The van der Waals surface area contributed by atoms with E-state index in [-0.39, 0.29) is 0 Å². The molecule has 0 amide bonds. The lowest BCUT2D eigenvalue weighted by Crippen LogP contribution is -1.85. The molecular weight excluding hydrogens is 327 g/mol. The van der Waals surface area contributed by atoms with Crippen LogP contribution < -0.4 is 0 Å². The summed E-state index contributed by atoms with van der Waals surface area (Å²) in [6, 6.07) is 0. The van der Waals surface area contributed by atoms with Crippen molar-refractivity contribution in [3.63, 3.8) is 0 Å². The van der Waals surface area contributed by atoms with Crippen molar-refractivity contribution in [2.75, 3.05) is 0 Å². The van der Waals surface area contributed by atoms with Crippen LogP contribution in [0.2, 0.25) is 10.0 Å². The predicted molar refractivity (Wildman–Crippen MR) is 69.4 cm³/mol. The molecule has 88 valence electrons. The molecule has 0 atom stereocenters. The molecule has 1 fully saturated rings. The summed E-state index contributed by atoms with van der Waals surface area (Å²) in [6.07, 6.45) is 5.37. The molecule has 1 saturated carbocycles. The Morgan fingerprint density at radius 3 is 2.47 bits per heavy atom. The van der Waals surface area contributed by atoms with Gasteiger partial charge in [0, 0.05) is 23.9 Å². The van der Waals surface area contributed by atoms with E-state index in [1.807, 2.05) is 0 Å². The Balaban J connectivity index is 2.15. The van der Waals surface area contributed by atoms with Gasteiger partial charge in [0.05, 0.1) is 14.5 Å². The molecule has 2 heterocycles. The molecule has 6 heteroatoms. The first kappa shape index (κ1) is 11.5. The second-order valence-electron chi connectivity index (χ2n) is 3.96. The van der Waals surface area contributed by atoms with E-state index in [4.69, 9.17) is 27.7 Å². The summed E-state index contributed by atoms with van der Waals surface area (Å²) in [6.45, 7) is 0. The fourth-order valence-corrected chi connectivity index (χ4v) is 2.89. The molecule has 0 aliphatic heterocycles. The summed E-state index contributed by atoms with van der Waals surface area (Å²) in [7, 11) is 0. The number of aromatic nitrogens is 2. The Kier molecular flexibility index (Phi) is 2.89. The standard InChI is InChI=1S/C11H7BrCl2N2O/c12-9-10(16-17-11(9)5-1-2-5)8-6(13)3-15-4-7(8)14/h3-5H,1-2H2. The minimum atomic E-state index is 0.467. The van der Waals surface area contributed by atoms with E-state index in [9.17, 15) is 0 Å². The van der Waals surface area contributed by atoms with Crippen LogP contribution in [0.15, 0.2) is 21.4 Å². The van der Waals surface area contributed by atoms with Gasteiger partial charge in [0.15, 0.2) is 5.76 Å². The van der Waals surface area contributed by atoms with Gasteiger partial charge in [-0.3, -0.25) is 4.98 Å². The summed E-state index contributed by atoms with van der Waals surface area (Å²) in [5, 5.41) is 4.98. The van der Waals surface area contributed by atoms with Gasteiger partial charge in [-0.25, -0.2) is 0 Å². The maximum absolute atomic E-state index is 6.09. The topological polar surface area (TPSA) is 38.9 Å². The molecule has 0 spiro atoms. The van der Waals surface area contributed by atoms with E-state index in [0.717, 1.165) is 23.1 Å². The van der Waals surface area contributed by atoms with Crippen molar-refractivity contribution < 1.29 is 4.52 Å². The normalized spacial score (nSPS) is 15.2. The zero-order valence-electron chi connectivity index (χ0n) is 8.58. The van der Waals surface area contributed by atoms with Crippen LogP contribution in [0.1, 0.15) is 24.5 Å². The third-order valence-corrected chi connectivity index (χ3v) is 4.04. The van der Waals surface area contributed by atoms with Gasteiger partial charge in [-0.05, 0) is 28.8 Å². The number of rotatable bonds is 2. The number of pyridine rings is 1. The Hall–Kier alpha value is -0.580. The van der Waals surface area contributed by atoms with Crippen LogP contribution in [0, 0.1) is 0 Å². The fourth-order valence-electron chi connectivity index (χ4n) is 1.68. The van der Waals surface area contributed by atoms with E-state index >= 15 is 0 Å². The molecule has 0 unspecified atom stereocenters. The van der Waals surface area contributed by atoms with Crippen LogP contribution >= 0.6 is 39.1 Å². The molecule has 2 aromatic heterocycles. The van der Waals surface area contributed by atoms with Crippen LogP contribution in [-0.4, -0.2) is 10.1 Å². The number of hydrogen-bond donors (Lipinski definition) is 0. The highest BCUT2D eigenvalue weighted by Crippen LogP contribution is 2.47. The Labute approximate surface area is 116 Å². The zero-order chi connectivity index (χ0) is 12.0. The molecule has 0 radical (unpaired) electrons. The van der Waals surface area contributed by atoms with Gasteiger partial charge < -0.3 is 4.52 Å². The highest BCUT2D eigenvalue weighted by molar-refractivity contribution is 9.10. The average Bonchev–Trinajstić information content (AvgIpc) is 3.05. The first-order chi connectivity index (χ1) is 8.18. The summed E-state index contributed by atoms with van der Waals surface area (Å²) >= 11 is 15.7. The molecule has 1 aliphatic rings. The van der Waals surface area contributed by atoms with Crippen LogP contribution in [-0.2, 0) is 0 Å². The molecule has 3 nitrogen and oxygen atoms in total. The average molecular weight is 334 g/mol. The lowest BCUT2D eigenvalue weighted by atomic mass is 10.1. The van der Waals surface area contributed by atoms with E-state index in [1.54, 1.807) is 12.4 Å². The van der Waals surface area contributed by atoms with Gasteiger partial charge in [0.25, 0.3) is 0 Å². The Morgan fingerprint density at radius 2 is 1.88 bits per heavy atom. The second kappa shape index (κ2) is 4.26. The zero-order valence-corrected chi connectivity index (χ0v) is 11.7. The highest BCUT2D eigenvalue weighted by atomic mass is 79.9. The van der Waals surface area contributed by atoms with Gasteiger partial charge in [-0.1, -0.05) is 28.4 Å². The van der Waals surface area contributed by atoms with Crippen LogP contribution in [0.3, 0.4) is 0 Å². The van der Waals surface area contributed by atoms with Crippen LogP contribution in [0.25, 0.3) is 11.3 Å². The molecular formula is C11H7BrCl2N2O. The van der Waals surface area contributed by atoms with Gasteiger partial charge in [0.2, 0.25) is 0 Å². The minimum absolute atomic E-state index is 0.467. The van der Waals surface area contributed by atoms with Gasteiger partial charge in [0.1, 0.15) is 5.69 Å². The van der Waals surface area contributed by atoms with Gasteiger partial charge >= 0.3 is 0 Å². The SMILES string of the molecule is Clc1cncc(Cl)c1-c1noc(C2CC2)c1Br. The van der Waals surface area contributed by atoms with E-state index in [1.165, 1.54) is 0 Å². The van der Waals surface area contributed by atoms with E-state index < -0.39 is 0 Å². The number of hydrogen-bond acceptors (Lipinski definition) is 3. The molecule has 3 rings (SSSR count). The number of halogens is 3. The molecule has 17 heavy (non-hydrogen) atoms. The maximum atomic E-state index is 6.09. The minimum Gasteiger partial charge on any atom is -0.359 e. The maximum Gasteiger partial charge on any atom is 0.154 e. The fraction of sp³-hybridized carbons (Fsp3) is 0.273. The molecule has 2 aromatic rings. The van der Waals surface area contributed by atoms with E-state index in [0.29, 0.717) is 27.2 Å². The molecule has 0 N–H and O–H groups in total. The Bertz CT molecular complexity index is 561. The van der Waals surface area contributed by atoms with Crippen molar-refractivity contribution in [3.05, 3.63) is 32.7 Å². The van der Waals surface area contributed by atoms with Gasteiger partial charge in [-0.15, -0.1) is 0 Å². The third-order valence-electron chi connectivity index (χ3n) is 2.70. The molecule has 0 saturated heterocycles. The number of nitrogens with zero attached hydrogens (tertiary/aromatic N) is 2. The van der Waals surface area contributed by atoms with Crippen molar-refractivity contribution >= 4 is 39.1 Å².